The van der Waals surface area contributed by atoms with Gasteiger partial charge >= 0.3 is 0 Å². The minimum absolute atomic E-state index is 0.752. The van der Waals surface area contributed by atoms with Gasteiger partial charge < -0.3 is 15.0 Å². The molecule has 1 unspecified atom stereocenters. The minimum atomic E-state index is 0.752. The summed E-state index contributed by atoms with van der Waals surface area (Å²) in [5.41, 5.74) is 0. The number of hydrogen-bond donors (Lipinski definition) is 1. The predicted molar refractivity (Wildman–Crippen MR) is 68.8 cm³/mol. The third-order valence-corrected chi connectivity index (χ3v) is 3.41. The molecule has 0 saturated carbocycles. The molecule has 1 rings (SSSR count). The summed E-state index contributed by atoms with van der Waals surface area (Å²) in [7, 11) is 0. The molecule has 0 aromatic rings. The molecule has 3 nitrogen and oxygen atoms in total. The van der Waals surface area contributed by atoms with Crippen LogP contribution in [0.5, 0.6) is 0 Å². The number of rotatable bonds is 8. The Labute approximate surface area is 101 Å². The molecule has 1 aliphatic rings. The highest BCUT2D eigenvalue weighted by molar-refractivity contribution is 4.66. The molecular weight excluding hydrogens is 200 g/mol. The first kappa shape index (κ1) is 13.9. The molecule has 0 aliphatic carbocycles. The molecule has 1 atom stereocenters. The molecule has 0 aromatic heterocycles. The van der Waals surface area contributed by atoms with Crippen molar-refractivity contribution in [3.05, 3.63) is 0 Å². The highest BCUT2D eigenvalue weighted by Crippen LogP contribution is 2.11. The molecule has 96 valence electrons. The van der Waals surface area contributed by atoms with E-state index >= 15 is 0 Å². The first-order chi connectivity index (χ1) is 7.86. The summed E-state index contributed by atoms with van der Waals surface area (Å²) in [6, 6.07) is 0. The van der Waals surface area contributed by atoms with E-state index in [2.05, 4.69) is 24.1 Å². The van der Waals surface area contributed by atoms with Crippen LogP contribution in [0, 0.1) is 5.92 Å². The van der Waals surface area contributed by atoms with Gasteiger partial charge in [0.25, 0.3) is 0 Å². The lowest BCUT2D eigenvalue weighted by atomic mass is 10.0. The van der Waals surface area contributed by atoms with Crippen molar-refractivity contribution < 1.29 is 4.74 Å². The maximum Gasteiger partial charge on any atom is 0.0506 e. The molecule has 1 aliphatic heterocycles. The highest BCUT2D eigenvalue weighted by atomic mass is 16.5. The lowest BCUT2D eigenvalue weighted by Gasteiger charge is -2.23. The largest absolute Gasteiger partial charge is 0.381 e. The maximum absolute atomic E-state index is 5.46. The fourth-order valence-electron chi connectivity index (χ4n) is 2.24. The van der Waals surface area contributed by atoms with Crippen molar-refractivity contribution in [1.82, 2.24) is 10.2 Å². The second-order valence-electron chi connectivity index (χ2n) is 4.67. The van der Waals surface area contributed by atoms with E-state index < -0.39 is 0 Å². The topological polar surface area (TPSA) is 24.5 Å². The van der Waals surface area contributed by atoms with Crippen LogP contribution in [0.15, 0.2) is 0 Å². The van der Waals surface area contributed by atoms with E-state index in [0.717, 1.165) is 32.2 Å². The zero-order chi connectivity index (χ0) is 11.6. The molecule has 16 heavy (non-hydrogen) atoms. The molecule has 0 radical (unpaired) electrons. The lowest BCUT2D eigenvalue weighted by molar-refractivity contribution is 0.0548. The Balaban J connectivity index is 1.90. The number of nitrogens with zero attached hydrogens (tertiary/aromatic N) is 1. The van der Waals surface area contributed by atoms with E-state index in [1.165, 1.54) is 38.9 Å². The summed E-state index contributed by atoms with van der Waals surface area (Å²) in [5, 5.41) is 3.55. The third-order valence-electron chi connectivity index (χ3n) is 3.41. The first-order valence-corrected chi connectivity index (χ1v) is 6.87. The van der Waals surface area contributed by atoms with Crippen molar-refractivity contribution in [2.75, 3.05) is 45.9 Å². The van der Waals surface area contributed by atoms with Gasteiger partial charge in [0, 0.05) is 13.2 Å². The molecule has 0 aromatic carbocycles. The van der Waals surface area contributed by atoms with Gasteiger partial charge in [-0.1, -0.05) is 13.8 Å². The molecular formula is C13H28N2O. The van der Waals surface area contributed by atoms with Crippen molar-refractivity contribution in [2.45, 2.75) is 33.1 Å². The van der Waals surface area contributed by atoms with Crippen LogP contribution in [0.4, 0.5) is 0 Å². The van der Waals surface area contributed by atoms with Crippen LogP contribution in [-0.2, 0) is 4.74 Å². The van der Waals surface area contributed by atoms with Crippen molar-refractivity contribution in [2.24, 2.45) is 5.92 Å². The Kier molecular flexibility index (Phi) is 7.81. The summed E-state index contributed by atoms with van der Waals surface area (Å²) < 4.78 is 5.46. The van der Waals surface area contributed by atoms with Gasteiger partial charge in [-0.05, 0) is 51.4 Å². The van der Waals surface area contributed by atoms with Gasteiger partial charge in [-0.3, -0.25) is 0 Å². The van der Waals surface area contributed by atoms with E-state index in [9.17, 15) is 0 Å². The predicted octanol–water partition coefficient (Wildman–Crippen LogP) is 1.73. The van der Waals surface area contributed by atoms with Crippen LogP contribution < -0.4 is 5.32 Å². The second kappa shape index (κ2) is 8.97. The third kappa shape index (κ3) is 5.83. The van der Waals surface area contributed by atoms with Crippen LogP contribution in [0.25, 0.3) is 0 Å². The number of nitrogens with one attached hydrogen (secondary N) is 1. The normalized spacial score (nSPS) is 21.6. The molecule has 0 bridgehead atoms. The Morgan fingerprint density at radius 3 is 2.75 bits per heavy atom. The average Bonchev–Trinajstić information content (AvgIpc) is 2.35. The first-order valence-electron chi connectivity index (χ1n) is 6.87. The molecule has 1 fully saturated rings. The fourth-order valence-corrected chi connectivity index (χ4v) is 2.24. The van der Waals surface area contributed by atoms with E-state index in [1.54, 1.807) is 0 Å². The van der Waals surface area contributed by atoms with Gasteiger partial charge in [-0.15, -0.1) is 0 Å². The van der Waals surface area contributed by atoms with Gasteiger partial charge in [0.15, 0.2) is 0 Å². The smallest absolute Gasteiger partial charge is 0.0506 e. The minimum Gasteiger partial charge on any atom is -0.381 e. The summed E-state index contributed by atoms with van der Waals surface area (Å²) in [6.45, 7) is 12.3. The lowest BCUT2D eigenvalue weighted by Crippen LogP contribution is -2.32. The quantitative estimate of drug-likeness (QED) is 0.640. The molecule has 1 N–H and O–H groups in total. The Morgan fingerprint density at radius 2 is 2.12 bits per heavy atom. The SMILES string of the molecule is CCN(CC)CCCNCC1CCCOC1. The number of hydrogen-bond acceptors (Lipinski definition) is 3. The van der Waals surface area contributed by atoms with Crippen LogP contribution in [0.3, 0.4) is 0 Å². The summed E-state index contributed by atoms with van der Waals surface area (Å²) in [6.07, 6.45) is 3.84. The molecule has 0 spiro atoms. The van der Waals surface area contributed by atoms with Crippen LogP contribution in [0.2, 0.25) is 0 Å². The summed E-state index contributed by atoms with van der Waals surface area (Å²) in [4.78, 5) is 2.48. The van der Waals surface area contributed by atoms with Crippen molar-refractivity contribution in [1.29, 1.82) is 0 Å². The van der Waals surface area contributed by atoms with Gasteiger partial charge in [0.1, 0.15) is 0 Å². The van der Waals surface area contributed by atoms with Crippen LogP contribution in [0.1, 0.15) is 33.1 Å². The van der Waals surface area contributed by atoms with Gasteiger partial charge in [-0.2, -0.15) is 0 Å². The van der Waals surface area contributed by atoms with Crippen molar-refractivity contribution in [3.8, 4) is 0 Å². The van der Waals surface area contributed by atoms with Gasteiger partial charge in [0.2, 0.25) is 0 Å². The van der Waals surface area contributed by atoms with Crippen molar-refractivity contribution in [3.63, 3.8) is 0 Å². The second-order valence-corrected chi connectivity index (χ2v) is 4.67. The zero-order valence-electron chi connectivity index (χ0n) is 11.0. The zero-order valence-corrected chi connectivity index (χ0v) is 11.0. The Morgan fingerprint density at radius 1 is 1.31 bits per heavy atom. The molecule has 3 heteroatoms. The molecule has 1 saturated heterocycles. The number of ether oxygens (including phenoxy) is 1. The highest BCUT2D eigenvalue weighted by Gasteiger charge is 2.12. The molecule has 0 amide bonds. The summed E-state index contributed by atoms with van der Waals surface area (Å²) >= 11 is 0. The van der Waals surface area contributed by atoms with Gasteiger partial charge in [-0.25, -0.2) is 0 Å². The maximum atomic E-state index is 5.46. The Hall–Kier alpha value is -0.120. The van der Waals surface area contributed by atoms with E-state index in [4.69, 9.17) is 4.74 Å². The van der Waals surface area contributed by atoms with Gasteiger partial charge in [0.05, 0.1) is 6.61 Å². The van der Waals surface area contributed by atoms with E-state index in [-0.39, 0.29) is 0 Å². The fraction of sp³-hybridized carbons (Fsp3) is 1.00. The van der Waals surface area contributed by atoms with E-state index in [1.807, 2.05) is 0 Å². The van der Waals surface area contributed by atoms with Crippen molar-refractivity contribution >= 4 is 0 Å². The summed E-state index contributed by atoms with van der Waals surface area (Å²) in [5.74, 6) is 0.752. The average molecular weight is 228 g/mol. The monoisotopic (exact) mass is 228 g/mol. The molecule has 1 heterocycles. The van der Waals surface area contributed by atoms with Crippen LogP contribution >= 0.6 is 0 Å². The van der Waals surface area contributed by atoms with E-state index in [0.29, 0.717) is 0 Å². The Bertz CT molecular complexity index is 154. The van der Waals surface area contributed by atoms with Crippen LogP contribution in [-0.4, -0.2) is 50.8 Å². The standard InChI is InChI=1S/C13H28N2O/c1-3-15(4-2)9-6-8-14-11-13-7-5-10-16-12-13/h13-14H,3-12H2,1-2H3.